The van der Waals surface area contributed by atoms with Gasteiger partial charge in [-0.3, -0.25) is 0 Å². The van der Waals surface area contributed by atoms with Gasteiger partial charge in [-0.2, -0.15) is 0 Å². The highest BCUT2D eigenvalue weighted by molar-refractivity contribution is 6.22. The van der Waals surface area contributed by atoms with E-state index in [1.807, 2.05) is 0 Å². The largest absolute Gasteiger partial charge is 0.456 e. The van der Waals surface area contributed by atoms with Crippen LogP contribution in [0.1, 0.15) is 25.0 Å². The van der Waals surface area contributed by atoms with E-state index in [9.17, 15) is 0 Å². The van der Waals surface area contributed by atoms with Crippen molar-refractivity contribution in [1.29, 1.82) is 0 Å². The Balaban J connectivity index is 1.00. The minimum absolute atomic E-state index is 0.0787. The van der Waals surface area contributed by atoms with E-state index in [-0.39, 0.29) is 5.41 Å². The number of fused-ring (bicyclic) bond motifs is 10. The molecule has 0 N–H and O–H groups in total. The van der Waals surface area contributed by atoms with Crippen LogP contribution in [0.5, 0.6) is 0 Å². The van der Waals surface area contributed by atoms with E-state index in [2.05, 4.69) is 208 Å². The van der Waals surface area contributed by atoms with Gasteiger partial charge in [0.15, 0.2) is 0 Å². The van der Waals surface area contributed by atoms with Crippen LogP contribution in [-0.4, -0.2) is 0 Å². The van der Waals surface area contributed by atoms with Crippen LogP contribution in [-0.2, 0) is 5.41 Å². The van der Waals surface area contributed by atoms with E-state index in [0.717, 1.165) is 21.9 Å². The van der Waals surface area contributed by atoms with E-state index in [1.165, 1.54) is 99.1 Å². The first-order valence-electron chi connectivity index (χ1n) is 20.2. The van der Waals surface area contributed by atoms with Gasteiger partial charge in [-0.25, -0.2) is 0 Å². The first-order valence-corrected chi connectivity index (χ1v) is 20.2. The zero-order chi connectivity index (χ0) is 38.5. The highest BCUT2D eigenvalue weighted by Crippen LogP contribution is 2.52. The summed E-state index contributed by atoms with van der Waals surface area (Å²) < 4.78 is 6.52. The summed E-state index contributed by atoms with van der Waals surface area (Å²) >= 11 is 0. The second kappa shape index (κ2) is 12.4. The van der Waals surface area contributed by atoms with Crippen LogP contribution in [0.15, 0.2) is 199 Å². The zero-order valence-corrected chi connectivity index (χ0v) is 32.4. The predicted octanol–water partition coefficient (Wildman–Crippen LogP) is 16.0. The average molecular weight is 739 g/mol. The number of furan rings is 1. The molecule has 0 atom stereocenters. The Kier molecular flexibility index (Phi) is 7.04. The van der Waals surface area contributed by atoms with Gasteiger partial charge in [0.05, 0.1) is 0 Å². The third-order valence-corrected chi connectivity index (χ3v) is 12.8. The lowest BCUT2D eigenvalue weighted by Gasteiger charge is -2.23. The molecule has 11 aromatic rings. The maximum Gasteiger partial charge on any atom is 0.135 e. The molecule has 1 aliphatic carbocycles. The van der Waals surface area contributed by atoms with Gasteiger partial charge >= 0.3 is 0 Å². The lowest BCUT2D eigenvalue weighted by Crippen LogP contribution is -2.15. The summed E-state index contributed by atoms with van der Waals surface area (Å²) in [7, 11) is 0. The van der Waals surface area contributed by atoms with Crippen molar-refractivity contribution in [3.63, 3.8) is 0 Å². The summed E-state index contributed by atoms with van der Waals surface area (Å²) in [6.07, 6.45) is 0. The maximum absolute atomic E-state index is 6.52. The van der Waals surface area contributed by atoms with E-state index >= 15 is 0 Å². The van der Waals surface area contributed by atoms with Crippen LogP contribution < -0.4 is 0 Å². The molecule has 272 valence electrons. The summed E-state index contributed by atoms with van der Waals surface area (Å²) in [4.78, 5) is 0. The summed E-state index contributed by atoms with van der Waals surface area (Å²) in [6, 6.07) is 71.3. The molecule has 0 radical (unpaired) electrons. The average Bonchev–Trinajstić information content (AvgIpc) is 3.76. The van der Waals surface area contributed by atoms with Crippen molar-refractivity contribution >= 4 is 54.3 Å². The molecule has 0 fully saturated rings. The van der Waals surface area contributed by atoms with Crippen LogP contribution in [0.25, 0.3) is 110 Å². The topological polar surface area (TPSA) is 13.1 Å². The molecule has 1 heteroatoms. The van der Waals surface area contributed by atoms with Gasteiger partial charge in [-0.15, -0.1) is 0 Å². The van der Waals surface area contributed by atoms with Crippen LogP contribution in [0.2, 0.25) is 0 Å². The van der Waals surface area contributed by atoms with Crippen molar-refractivity contribution in [2.75, 3.05) is 0 Å². The number of hydrogen-bond acceptors (Lipinski definition) is 1. The van der Waals surface area contributed by atoms with Gasteiger partial charge in [-0.1, -0.05) is 178 Å². The lowest BCUT2D eigenvalue weighted by molar-refractivity contribution is 0.666. The quantitative estimate of drug-likeness (QED) is 0.164. The molecule has 0 unspecified atom stereocenters. The van der Waals surface area contributed by atoms with E-state index < -0.39 is 0 Å². The highest BCUT2D eigenvalue weighted by atomic mass is 16.3. The van der Waals surface area contributed by atoms with Gasteiger partial charge in [-0.05, 0) is 129 Å². The Labute approximate surface area is 337 Å². The zero-order valence-electron chi connectivity index (χ0n) is 32.4. The van der Waals surface area contributed by atoms with Crippen LogP contribution in [0, 0.1) is 0 Å². The van der Waals surface area contributed by atoms with E-state index in [1.54, 1.807) is 0 Å². The van der Waals surface area contributed by atoms with Crippen LogP contribution in [0.3, 0.4) is 0 Å². The smallest absolute Gasteiger partial charge is 0.135 e. The minimum Gasteiger partial charge on any atom is -0.456 e. The molecule has 10 aromatic carbocycles. The summed E-state index contributed by atoms with van der Waals surface area (Å²) in [5.41, 5.74) is 17.0. The first-order chi connectivity index (χ1) is 28.5. The molecule has 12 rings (SSSR count). The van der Waals surface area contributed by atoms with Crippen LogP contribution >= 0.6 is 0 Å². The molecular weight excluding hydrogens is 701 g/mol. The van der Waals surface area contributed by atoms with Crippen molar-refractivity contribution < 1.29 is 4.42 Å². The summed E-state index contributed by atoms with van der Waals surface area (Å²) in [6.45, 7) is 4.74. The fraction of sp³-hybridized carbons (Fsp3) is 0.0526. The highest BCUT2D eigenvalue weighted by Gasteiger charge is 2.37. The second-order valence-corrected chi connectivity index (χ2v) is 16.4. The molecule has 0 saturated carbocycles. The number of hydrogen-bond donors (Lipinski definition) is 0. The molecule has 1 nitrogen and oxygen atoms in total. The molecule has 1 aliphatic rings. The van der Waals surface area contributed by atoms with Crippen molar-refractivity contribution in [3.05, 3.63) is 205 Å². The molecule has 0 spiro atoms. The molecule has 0 saturated heterocycles. The van der Waals surface area contributed by atoms with Crippen LogP contribution in [0.4, 0.5) is 0 Å². The van der Waals surface area contributed by atoms with Crippen molar-refractivity contribution in [1.82, 2.24) is 0 Å². The van der Waals surface area contributed by atoms with Gasteiger partial charge in [0.1, 0.15) is 11.2 Å². The Morgan fingerprint density at radius 1 is 0.328 bits per heavy atom. The van der Waals surface area contributed by atoms with Gasteiger partial charge in [0.2, 0.25) is 0 Å². The molecule has 1 heterocycles. The van der Waals surface area contributed by atoms with Crippen molar-refractivity contribution in [2.24, 2.45) is 0 Å². The van der Waals surface area contributed by atoms with E-state index in [0.29, 0.717) is 0 Å². The molecule has 0 aliphatic heterocycles. The predicted molar refractivity (Wildman–Crippen MR) is 246 cm³/mol. The maximum atomic E-state index is 6.52. The van der Waals surface area contributed by atoms with Crippen molar-refractivity contribution in [2.45, 2.75) is 19.3 Å². The summed E-state index contributed by atoms with van der Waals surface area (Å²) in [5, 5.41) is 9.88. The Morgan fingerprint density at radius 2 is 0.810 bits per heavy atom. The van der Waals surface area contributed by atoms with Crippen molar-refractivity contribution in [3.8, 4) is 55.6 Å². The number of rotatable bonds is 4. The minimum atomic E-state index is -0.0787. The second-order valence-electron chi connectivity index (χ2n) is 16.4. The Morgan fingerprint density at radius 3 is 1.48 bits per heavy atom. The monoisotopic (exact) mass is 738 g/mol. The molecular formula is C57H38O. The van der Waals surface area contributed by atoms with Gasteiger partial charge in [0, 0.05) is 16.2 Å². The van der Waals surface area contributed by atoms with Gasteiger partial charge < -0.3 is 4.42 Å². The summed E-state index contributed by atoms with van der Waals surface area (Å²) in [5.74, 6) is 0. The van der Waals surface area contributed by atoms with Gasteiger partial charge in [0.25, 0.3) is 0 Å². The first kappa shape index (κ1) is 33.0. The molecule has 58 heavy (non-hydrogen) atoms. The molecule has 1 aromatic heterocycles. The third-order valence-electron chi connectivity index (χ3n) is 12.8. The number of benzene rings is 10. The Hall–Kier alpha value is -7.22. The molecule has 0 bridgehead atoms. The standard InChI is InChI=1S/C57H38O/c1-57(2)51-29-25-39(32-48(51)47-28-24-37-14-6-7-15-42(37)56(47)57)40-26-30-52-49(33-40)50-34-41(27-31-53(50)58-52)55-45-18-10-8-16-43(45)54(44-17-9-11-19-46(44)55)38-22-20-36(21-23-38)35-12-4-3-5-13-35/h3-34H,1-2H3. The lowest BCUT2D eigenvalue weighted by atomic mass is 9.80. The third kappa shape index (κ3) is 4.83. The fourth-order valence-electron chi connectivity index (χ4n) is 10.1. The normalized spacial score (nSPS) is 13.1. The SMILES string of the molecule is CC1(C)c2ccc(-c3ccc4oc5ccc(-c6c7ccccc7c(-c7ccc(-c8ccccc8)cc7)c7ccccc67)cc5c4c3)cc2-c2ccc3ccccc3c21. The Bertz CT molecular complexity index is 3400. The molecule has 0 amide bonds. The van der Waals surface area contributed by atoms with E-state index in [4.69, 9.17) is 4.42 Å². The fourth-order valence-corrected chi connectivity index (χ4v) is 10.1.